The standard InChI is InChI=1S/C11H13NO3/c1-7-5-9(12)11(15-6-13-2)8-3-4-14-10(7)8/h3-5H,6,12H2,1-2H3. The highest BCUT2D eigenvalue weighted by Crippen LogP contribution is 2.34. The van der Waals surface area contributed by atoms with E-state index in [-0.39, 0.29) is 6.79 Å². The topological polar surface area (TPSA) is 57.6 Å². The molecule has 0 fully saturated rings. The molecular weight excluding hydrogens is 194 g/mol. The Morgan fingerprint density at radius 2 is 2.27 bits per heavy atom. The van der Waals surface area contributed by atoms with Crippen LogP contribution < -0.4 is 10.5 Å². The van der Waals surface area contributed by atoms with Crippen molar-refractivity contribution in [1.82, 2.24) is 0 Å². The normalized spacial score (nSPS) is 10.8. The monoisotopic (exact) mass is 207 g/mol. The van der Waals surface area contributed by atoms with Crippen LogP contribution in [-0.4, -0.2) is 13.9 Å². The Bertz CT molecular complexity index is 476. The van der Waals surface area contributed by atoms with E-state index in [1.807, 2.05) is 19.1 Å². The molecule has 15 heavy (non-hydrogen) atoms. The van der Waals surface area contributed by atoms with Crippen LogP contribution in [0.15, 0.2) is 22.8 Å². The van der Waals surface area contributed by atoms with E-state index in [1.165, 1.54) is 0 Å². The fraction of sp³-hybridized carbons (Fsp3) is 0.273. The number of methoxy groups -OCH3 is 1. The average Bonchev–Trinajstić information content (AvgIpc) is 2.66. The molecule has 0 bridgehead atoms. The second-order valence-corrected chi connectivity index (χ2v) is 3.33. The quantitative estimate of drug-likeness (QED) is 0.619. The molecule has 0 radical (unpaired) electrons. The summed E-state index contributed by atoms with van der Waals surface area (Å²) in [5, 5.41) is 0.879. The van der Waals surface area contributed by atoms with Gasteiger partial charge in [0, 0.05) is 7.11 Å². The number of fused-ring (bicyclic) bond motifs is 1. The minimum atomic E-state index is 0.174. The Morgan fingerprint density at radius 1 is 1.47 bits per heavy atom. The van der Waals surface area contributed by atoms with E-state index in [0.717, 1.165) is 16.5 Å². The Balaban J connectivity index is 2.55. The largest absolute Gasteiger partial charge is 0.465 e. The first kappa shape index (κ1) is 9.86. The lowest BCUT2D eigenvalue weighted by Crippen LogP contribution is -2.02. The zero-order chi connectivity index (χ0) is 10.8. The van der Waals surface area contributed by atoms with Gasteiger partial charge in [-0.25, -0.2) is 0 Å². The summed E-state index contributed by atoms with van der Waals surface area (Å²) in [5.41, 5.74) is 8.26. The molecular formula is C11H13NO3. The van der Waals surface area contributed by atoms with E-state index in [1.54, 1.807) is 13.4 Å². The molecule has 0 saturated carbocycles. The molecule has 0 amide bonds. The SMILES string of the molecule is COCOc1c(N)cc(C)c2occc12. The van der Waals surface area contributed by atoms with Crippen LogP contribution in [0, 0.1) is 6.92 Å². The maximum Gasteiger partial charge on any atom is 0.188 e. The lowest BCUT2D eigenvalue weighted by atomic mass is 10.1. The van der Waals surface area contributed by atoms with Gasteiger partial charge in [-0.15, -0.1) is 0 Å². The van der Waals surface area contributed by atoms with Gasteiger partial charge in [0.1, 0.15) is 5.58 Å². The average molecular weight is 207 g/mol. The Hall–Kier alpha value is -1.68. The van der Waals surface area contributed by atoms with Gasteiger partial charge in [-0.05, 0) is 24.6 Å². The van der Waals surface area contributed by atoms with E-state index < -0.39 is 0 Å². The predicted octanol–water partition coefficient (Wildman–Crippen LogP) is 2.31. The number of nitrogen functional groups attached to an aromatic ring is 1. The van der Waals surface area contributed by atoms with Gasteiger partial charge >= 0.3 is 0 Å². The van der Waals surface area contributed by atoms with E-state index >= 15 is 0 Å². The van der Waals surface area contributed by atoms with E-state index in [2.05, 4.69) is 0 Å². The lowest BCUT2D eigenvalue weighted by Gasteiger charge is -2.09. The number of aryl methyl sites for hydroxylation is 1. The highest BCUT2D eigenvalue weighted by molar-refractivity contribution is 5.91. The van der Waals surface area contributed by atoms with Crippen molar-refractivity contribution in [2.75, 3.05) is 19.6 Å². The van der Waals surface area contributed by atoms with Crippen LogP contribution in [-0.2, 0) is 4.74 Å². The molecule has 0 aliphatic carbocycles. The zero-order valence-electron chi connectivity index (χ0n) is 8.74. The number of hydrogen-bond donors (Lipinski definition) is 1. The van der Waals surface area contributed by atoms with E-state index in [0.29, 0.717) is 11.4 Å². The van der Waals surface area contributed by atoms with Crippen LogP contribution in [0.4, 0.5) is 5.69 Å². The summed E-state index contributed by atoms with van der Waals surface area (Å²) in [6.45, 7) is 2.12. The minimum Gasteiger partial charge on any atom is -0.465 e. The summed E-state index contributed by atoms with van der Waals surface area (Å²) in [5.74, 6) is 0.617. The van der Waals surface area contributed by atoms with Gasteiger partial charge in [0.2, 0.25) is 0 Å². The first-order valence-corrected chi connectivity index (χ1v) is 4.62. The van der Waals surface area contributed by atoms with Crippen molar-refractivity contribution in [3.63, 3.8) is 0 Å². The second-order valence-electron chi connectivity index (χ2n) is 3.33. The number of ether oxygens (including phenoxy) is 2. The van der Waals surface area contributed by atoms with Gasteiger partial charge in [0.15, 0.2) is 12.5 Å². The molecule has 0 unspecified atom stereocenters. The predicted molar refractivity (Wildman–Crippen MR) is 57.9 cm³/mol. The van der Waals surface area contributed by atoms with Crippen LogP contribution in [0.2, 0.25) is 0 Å². The summed E-state index contributed by atoms with van der Waals surface area (Å²) in [6.07, 6.45) is 1.62. The van der Waals surface area contributed by atoms with Crippen molar-refractivity contribution in [1.29, 1.82) is 0 Å². The van der Waals surface area contributed by atoms with Crippen LogP contribution in [0.1, 0.15) is 5.56 Å². The van der Waals surface area contributed by atoms with Crippen molar-refractivity contribution >= 4 is 16.7 Å². The molecule has 0 saturated heterocycles. The molecule has 4 heteroatoms. The first-order valence-electron chi connectivity index (χ1n) is 4.62. The molecule has 0 atom stereocenters. The molecule has 1 aromatic carbocycles. The number of hydrogen-bond acceptors (Lipinski definition) is 4. The third-order valence-electron chi connectivity index (χ3n) is 2.22. The number of anilines is 1. The molecule has 1 heterocycles. The summed E-state index contributed by atoms with van der Waals surface area (Å²) in [6, 6.07) is 3.67. The van der Waals surface area contributed by atoms with Crippen molar-refractivity contribution in [2.45, 2.75) is 6.92 Å². The van der Waals surface area contributed by atoms with Gasteiger partial charge < -0.3 is 19.6 Å². The minimum absolute atomic E-state index is 0.174. The van der Waals surface area contributed by atoms with Gasteiger partial charge in [-0.1, -0.05) is 0 Å². The van der Waals surface area contributed by atoms with E-state index in [4.69, 9.17) is 19.6 Å². The van der Waals surface area contributed by atoms with Crippen LogP contribution >= 0.6 is 0 Å². The Labute approximate surface area is 87.6 Å². The number of nitrogens with two attached hydrogens (primary N) is 1. The smallest absolute Gasteiger partial charge is 0.188 e. The summed E-state index contributed by atoms with van der Waals surface area (Å²) >= 11 is 0. The maximum absolute atomic E-state index is 5.87. The summed E-state index contributed by atoms with van der Waals surface area (Å²) < 4.78 is 15.6. The zero-order valence-corrected chi connectivity index (χ0v) is 8.74. The summed E-state index contributed by atoms with van der Waals surface area (Å²) in [7, 11) is 1.57. The third-order valence-corrected chi connectivity index (χ3v) is 2.22. The fourth-order valence-electron chi connectivity index (χ4n) is 1.59. The molecule has 2 aromatic rings. The Kier molecular flexibility index (Phi) is 2.51. The summed E-state index contributed by atoms with van der Waals surface area (Å²) in [4.78, 5) is 0. The van der Waals surface area contributed by atoms with Gasteiger partial charge in [-0.2, -0.15) is 0 Å². The highest BCUT2D eigenvalue weighted by atomic mass is 16.7. The van der Waals surface area contributed by atoms with Crippen LogP contribution in [0.3, 0.4) is 0 Å². The molecule has 2 N–H and O–H groups in total. The molecule has 1 aromatic heterocycles. The van der Waals surface area contributed by atoms with E-state index in [9.17, 15) is 0 Å². The van der Waals surface area contributed by atoms with Crippen molar-refractivity contribution in [3.05, 3.63) is 24.0 Å². The second kappa shape index (κ2) is 3.82. The maximum atomic E-state index is 5.87. The highest BCUT2D eigenvalue weighted by Gasteiger charge is 2.11. The molecule has 2 rings (SSSR count). The molecule has 0 spiro atoms. The van der Waals surface area contributed by atoms with Crippen LogP contribution in [0.25, 0.3) is 11.0 Å². The van der Waals surface area contributed by atoms with Gasteiger partial charge in [-0.3, -0.25) is 0 Å². The van der Waals surface area contributed by atoms with Crippen LogP contribution in [0.5, 0.6) is 5.75 Å². The molecule has 0 aliphatic heterocycles. The Morgan fingerprint density at radius 3 is 3.00 bits per heavy atom. The number of furan rings is 1. The first-order chi connectivity index (χ1) is 7.24. The van der Waals surface area contributed by atoms with Gasteiger partial charge in [0.05, 0.1) is 17.3 Å². The molecule has 0 aliphatic rings. The van der Waals surface area contributed by atoms with Crippen molar-refractivity contribution in [2.24, 2.45) is 0 Å². The fourth-order valence-corrected chi connectivity index (χ4v) is 1.59. The number of rotatable bonds is 3. The number of benzene rings is 1. The van der Waals surface area contributed by atoms with Crippen molar-refractivity contribution in [3.8, 4) is 5.75 Å². The van der Waals surface area contributed by atoms with Gasteiger partial charge in [0.25, 0.3) is 0 Å². The van der Waals surface area contributed by atoms with Crippen molar-refractivity contribution < 1.29 is 13.9 Å². The third kappa shape index (κ3) is 1.64. The molecule has 80 valence electrons. The lowest BCUT2D eigenvalue weighted by molar-refractivity contribution is 0.0527. The molecule has 4 nitrogen and oxygen atoms in total.